The fourth-order valence-corrected chi connectivity index (χ4v) is 3.47. The van der Waals surface area contributed by atoms with Crippen molar-refractivity contribution in [2.75, 3.05) is 17.3 Å². The van der Waals surface area contributed by atoms with Gasteiger partial charge in [0.25, 0.3) is 11.8 Å². The van der Waals surface area contributed by atoms with Gasteiger partial charge < -0.3 is 10.1 Å². The van der Waals surface area contributed by atoms with Crippen molar-refractivity contribution in [3.05, 3.63) is 94.6 Å². The van der Waals surface area contributed by atoms with E-state index in [1.54, 1.807) is 49.6 Å². The molecule has 1 N–H and O–H groups in total. The Morgan fingerprint density at radius 2 is 1.60 bits per heavy atom. The van der Waals surface area contributed by atoms with Crippen molar-refractivity contribution < 1.29 is 14.3 Å². The molecule has 3 aromatic carbocycles. The third-order valence-corrected chi connectivity index (χ3v) is 5.33. The second-order valence-corrected chi connectivity index (χ2v) is 7.26. The quantitative estimate of drug-likeness (QED) is 0.589. The van der Waals surface area contributed by atoms with Crippen molar-refractivity contribution in [3.8, 4) is 5.75 Å². The molecule has 0 saturated carbocycles. The summed E-state index contributed by atoms with van der Waals surface area (Å²) in [7, 11) is 1.59. The highest BCUT2D eigenvalue weighted by atomic mass is 35.5. The number of hydrogen-bond acceptors (Lipinski definition) is 4. The molecular weight excluding hydrogens is 400 g/mol. The monoisotopic (exact) mass is 418 g/mol. The zero-order valence-electron chi connectivity index (χ0n) is 16.5. The topological polar surface area (TPSA) is 58.6 Å². The molecule has 0 saturated heterocycles. The summed E-state index contributed by atoms with van der Waals surface area (Å²) in [6, 6.07) is 21.4. The van der Waals surface area contributed by atoms with Crippen LogP contribution in [0.2, 0.25) is 5.02 Å². The predicted molar refractivity (Wildman–Crippen MR) is 119 cm³/mol. The molecule has 0 aliphatic carbocycles. The number of nitrogens with zero attached hydrogens (tertiary/aromatic N) is 1. The zero-order valence-corrected chi connectivity index (χ0v) is 17.2. The molecule has 0 aromatic heterocycles. The lowest BCUT2D eigenvalue weighted by Crippen LogP contribution is -2.32. The zero-order chi connectivity index (χ0) is 21.3. The summed E-state index contributed by atoms with van der Waals surface area (Å²) in [5.74, 6) is -0.140. The molecule has 0 fully saturated rings. The molecule has 6 heteroatoms. The average Bonchev–Trinajstić information content (AvgIpc) is 3.01. The second kappa shape index (κ2) is 8.05. The van der Waals surface area contributed by atoms with Crippen molar-refractivity contribution >= 4 is 40.4 Å². The number of ether oxygens (including phenoxy) is 1. The van der Waals surface area contributed by atoms with Crippen LogP contribution in [0.5, 0.6) is 5.75 Å². The minimum Gasteiger partial charge on any atom is -0.497 e. The van der Waals surface area contributed by atoms with Crippen molar-refractivity contribution in [2.45, 2.75) is 6.92 Å². The van der Waals surface area contributed by atoms with Crippen molar-refractivity contribution in [1.29, 1.82) is 0 Å². The van der Waals surface area contributed by atoms with Crippen LogP contribution in [0.25, 0.3) is 5.57 Å². The first-order valence-electron chi connectivity index (χ1n) is 9.35. The van der Waals surface area contributed by atoms with E-state index in [9.17, 15) is 9.59 Å². The molecular formula is C24H19ClN2O3. The van der Waals surface area contributed by atoms with Crippen LogP contribution in [-0.4, -0.2) is 18.9 Å². The van der Waals surface area contributed by atoms with Crippen LogP contribution >= 0.6 is 11.6 Å². The fraction of sp³-hybridized carbons (Fsp3) is 0.0833. The molecule has 2 amide bonds. The molecule has 0 atom stereocenters. The predicted octanol–water partition coefficient (Wildman–Crippen LogP) is 5.05. The maximum atomic E-state index is 13.4. The van der Waals surface area contributed by atoms with Crippen LogP contribution in [0.3, 0.4) is 0 Å². The highest BCUT2D eigenvalue weighted by Crippen LogP contribution is 2.35. The van der Waals surface area contributed by atoms with Gasteiger partial charge in [0.1, 0.15) is 11.4 Å². The number of carbonyl (C=O) groups excluding carboxylic acids is 2. The Balaban J connectivity index is 1.79. The van der Waals surface area contributed by atoms with Gasteiger partial charge in [-0.1, -0.05) is 48.0 Å². The minimum atomic E-state index is -0.436. The van der Waals surface area contributed by atoms with E-state index in [0.717, 1.165) is 10.5 Å². The molecule has 0 bridgehead atoms. The smallest absolute Gasteiger partial charge is 0.282 e. The number of methoxy groups -OCH3 is 1. The van der Waals surface area contributed by atoms with Crippen LogP contribution in [-0.2, 0) is 9.59 Å². The maximum Gasteiger partial charge on any atom is 0.282 e. The number of aryl methyl sites for hydroxylation is 1. The van der Waals surface area contributed by atoms with Gasteiger partial charge in [-0.2, -0.15) is 0 Å². The van der Waals surface area contributed by atoms with Crippen LogP contribution in [0.4, 0.5) is 11.4 Å². The second-order valence-electron chi connectivity index (χ2n) is 6.85. The van der Waals surface area contributed by atoms with Crippen molar-refractivity contribution in [1.82, 2.24) is 0 Å². The van der Waals surface area contributed by atoms with Gasteiger partial charge in [0.15, 0.2) is 0 Å². The Hall–Kier alpha value is -3.57. The SMILES string of the molecule is COc1ccc(NC2=C(c3ccccc3)C(=O)N(c3ccc(C)c(Cl)c3)C2=O)cc1. The van der Waals surface area contributed by atoms with E-state index in [1.165, 1.54) is 0 Å². The lowest BCUT2D eigenvalue weighted by atomic mass is 10.0. The number of benzene rings is 3. The third-order valence-electron chi connectivity index (χ3n) is 4.92. The molecule has 1 aliphatic heterocycles. The van der Waals surface area contributed by atoms with Crippen molar-refractivity contribution in [2.24, 2.45) is 0 Å². The van der Waals surface area contributed by atoms with E-state index in [1.807, 2.05) is 37.3 Å². The minimum absolute atomic E-state index is 0.216. The average molecular weight is 419 g/mol. The number of amides is 2. The molecule has 5 nitrogen and oxygen atoms in total. The molecule has 4 rings (SSSR count). The van der Waals surface area contributed by atoms with E-state index >= 15 is 0 Å². The Labute approximate surface area is 179 Å². The molecule has 0 unspecified atom stereocenters. The molecule has 30 heavy (non-hydrogen) atoms. The van der Waals surface area contributed by atoms with Crippen LogP contribution in [0.15, 0.2) is 78.5 Å². The summed E-state index contributed by atoms with van der Waals surface area (Å²) in [4.78, 5) is 27.9. The Morgan fingerprint density at radius 1 is 0.900 bits per heavy atom. The van der Waals surface area contributed by atoms with E-state index < -0.39 is 11.8 Å². The van der Waals surface area contributed by atoms with E-state index in [2.05, 4.69) is 5.32 Å². The largest absolute Gasteiger partial charge is 0.497 e. The Morgan fingerprint density at radius 3 is 2.23 bits per heavy atom. The number of nitrogens with one attached hydrogen (secondary N) is 1. The summed E-state index contributed by atoms with van der Waals surface area (Å²) in [6.45, 7) is 1.87. The first kappa shape index (κ1) is 19.7. The summed E-state index contributed by atoms with van der Waals surface area (Å²) in [5, 5.41) is 3.62. The molecule has 0 radical (unpaired) electrons. The van der Waals surface area contributed by atoms with Gasteiger partial charge in [0, 0.05) is 10.7 Å². The highest BCUT2D eigenvalue weighted by Gasteiger charge is 2.40. The van der Waals surface area contributed by atoms with Gasteiger partial charge in [0.2, 0.25) is 0 Å². The number of carbonyl (C=O) groups is 2. The molecule has 3 aromatic rings. The molecule has 150 valence electrons. The van der Waals surface area contributed by atoms with E-state index in [-0.39, 0.29) is 5.70 Å². The standard InChI is InChI=1S/C24H19ClN2O3/c1-15-8-11-18(14-20(15)25)27-23(28)21(16-6-4-3-5-7-16)22(24(27)29)26-17-9-12-19(30-2)13-10-17/h3-14,26H,1-2H3. The summed E-state index contributed by atoms with van der Waals surface area (Å²) in [6.07, 6.45) is 0. The number of halogens is 1. The third kappa shape index (κ3) is 3.55. The van der Waals surface area contributed by atoms with E-state index in [4.69, 9.17) is 16.3 Å². The Bertz CT molecular complexity index is 1150. The summed E-state index contributed by atoms with van der Waals surface area (Å²) < 4.78 is 5.18. The maximum absolute atomic E-state index is 13.4. The molecule has 1 aliphatic rings. The lowest BCUT2D eigenvalue weighted by molar-refractivity contribution is -0.120. The number of imide groups is 1. The number of hydrogen-bond donors (Lipinski definition) is 1. The molecule has 0 spiro atoms. The molecule has 1 heterocycles. The summed E-state index contributed by atoms with van der Waals surface area (Å²) >= 11 is 6.25. The number of anilines is 2. The van der Waals surface area contributed by atoms with Crippen LogP contribution < -0.4 is 15.0 Å². The van der Waals surface area contributed by atoms with Gasteiger partial charge in [-0.05, 0) is 54.4 Å². The van der Waals surface area contributed by atoms with Crippen molar-refractivity contribution in [3.63, 3.8) is 0 Å². The lowest BCUT2D eigenvalue weighted by Gasteiger charge is -2.16. The van der Waals surface area contributed by atoms with Gasteiger partial charge in [-0.15, -0.1) is 0 Å². The van der Waals surface area contributed by atoms with Gasteiger partial charge >= 0.3 is 0 Å². The summed E-state index contributed by atoms with van der Waals surface area (Å²) in [5.41, 5.74) is 3.16. The van der Waals surface area contributed by atoms with Gasteiger partial charge in [-0.25, -0.2) is 4.90 Å². The van der Waals surface area contributed by atoms with E-state index in [0.29, 0.717) is 33.3 Å². The normalized spacial score (nSPS) is 13.8. The van der Waals surface area contributed by atoms with Gasteiger partial charge in [0.05, 0.1) is 18.4 Å². The van der Waals surface area contributed by atoms with Crippen LogP contribution in [0, 0.1) is 6.92 Å². The Kier molecular flexibility index (Phi) is 5.29. The first-order valence-corrected chi connectivity index (χ1v) is 9.73. The highest BCUT2D eigenvalue weighted by molar-refractivity contribution is 6.46. The first-order chi connectivity index (χ1) is 14.5. The van der Waals surface area contributed by atoms with Crippen LogP contribution in [0.1, 0.15) is 11.1 Å². The fourth-order valence-electron chi connectivity index (χ4n) is 3.29. The van der Waals surface area contributed by atoms with Gasteiger partial charge in [-0.3, -0.25) is 9.59 Å². The number of rotatable bonds is 5.